The molecule has 0 saturated heterocycles. The molecule has 0 unspecified atom stereocenters. The topological polar surface area (TPSA) is 66.8 Å². The van der Waals surface area contributed by atoms with Gasteiger partial charge in [0, 0.05) is 43.2 Å². The number of benzene rings is 1. The van der Waals surface area contributed by atoms with E-state index in [1.54, 1.807) is 0 Å². The van der Waals surface area contributed by atoms with Gasteiger partial charge in [0.2, 0.25) is 0 Å². The number of nitrogens with one attached hydrogen (secondary N) is 1. The van der Waals surface area contributed by atoms with E-state index in [-0.39, 0.29) is 5.56 Å². The zero-order chi connectivity index (χ0) is 19.3. The number of aryl methyl sites for hydroxylation is 1. The first-order valence-electron chi connectivity index (χ1n) is 10.0. The zero-order valence-electron chi connectivity index (χ0n) is 16.4. The molecule has 0 bridgehead atoms. The van der Waals surface area contributed by atoms with Gasteiger partial charge in [0.25, 0.3) is 5.56 Å². The zero-order valence-corrected chi connectivity index (χ0v) is 16.4. The van der Waals surface area contributed by atoms with Crippen LogP contribution in [0, 0.1) is 13.8 Å². The predicted octanol–water partition coefficient (Wildman–Crippen LogP) is 3.01. The Kier molecular flexibility index (Phi) is 4.16. The number of para-hydroxylation sites is 1. The second-order valence-electron chi connectivity index (χ2n) is 8.06. The third-order valence-electron chi connectivity index (χ3n) is 5.98. The predicted molar refractivity (Wildman–Crippen MR) is 108 cm³/mol. The van der Waals surface area contributed by atoms with Crippen molar-refractivity contribution in [2.75, 3.05) is 6.54 Å². The van der Waals surface area contributed by atoms with Crippen LogP contribution >= 0.6 is 0 Å². The molecule has 0 radical (unpaired) electrons. The highest BCUT2D eigenvalue weighted by Gasteiger charge is 2.29. The average Bonchev–Trinajstić information content (AvgIpc) is 3.48. The van der Waals surface area contributed by atoms with Gasteiger partial charge in [-0.05, 0) is 38.3 Å². The summed E-state index contributed by atoms with van der Waals surface area (Å²) in [6.45, 7) is 6.58. The summed E-state index contributed by atoms with van der Waals surface area (Å²) >= 11 is 0. The number of nitrogens with zero attached hydrogens (tertiary/aromatic N) is 4. The van der Waals surface area contributed by atoms with Crippen molar-refractivity contribution < 1.29 is 0 Å². The van der Waals surface area contributed by atoms with Crippen LogP contribution in [0.5, 0.6) is 0 Å². The summed E-state index contributed by atoms with van der Waals surface area (Å²) in [6, 6.07) is 8.29. The smallest absolute Gasteiger partial charge is 0.255 e. The molecule has 0 spiro atoms. The van der Waals surface area contributed by atoms with E-state index in [4.69, 9.17) is 4.98 Å². The molecule has 2 aromatic heterocycles. The van der Waals surface area contributed by atoms with Gasteiger partial charge in [-0.15, -0.1) is 0 Å². The minimum absolute atomic E-state index is 0.0453. The molecular weight excluding hydrogens is 350 g/mol. The van der Waals surface area contributed by atoms with Crippen molar-refractivity contribution in [3.05, 3.63) is 74.7 Å². The van der Waals surface area contributed by atoms with Crippen molar-refractivity contribution in [2.45, 2.75) is 52.1 Å². The first-order valence-corrected chi connectivity index (χ1v) is 10.0. The molecule has 6 nitrogen and oxygen atoms in total. The summed E-state index contributed by atoms with van der Waals surface area (Å²) in [5.74, 6) is 1.37. The highest BCUT2D eigenvalue weighted by atomic mass is 16.1. The highest BCUT2D eigenvalue weighted by Crippen LogP contribution is 2.37. The summed E-state index contributed by atoms with van der Waals surface area (Å²) in [6.07, 6.45) is 5.09. The molecule has 0 amide bonds. The number of H-pyrrole nitrogens is 1. The third kappa shape index (κ3) is 3.07. The molecule has 6 heteroatoms. The molecule has 1 aromatic carbocycles. The van der Waals surface area contributed by atoms with Gasteiger partial charge in [0.1, 0.15) is 5.82 Å². The van der Waals surface area contributed by atoms with Crippen LogP contribution in [0.15, 0.2) is 35.3 Å². The van der Waals surface area contributed by atoms with Crippen LogP contribution in [0.2, 0.25) is 0 Å². The quantitative estimate of drug-likeness (QED) is 0.761. The van der Waals surface area contributed by atoms with E-state index in [1.165, 1.54) is 11.1 Å². The number of fused-ring (bicyclic) bond motifs is 1. The molecule has 1 aliphatic carbocycles. The summed E-state index contributed by atoms with van der Waals surface area (Å²) in [5.41, 5.74) is 6.54. The van der Waals surface area contributed by atoms with Crippen molar-refractivity contribution in [2.24, 2.45) is 0 Å². The fraction of sp³-hybridized carbons (Fsp3) is 0.409. The molecule has 2 aliphatic rings. The third-order valence-corrected chi connectivity index (χ3v) is 5.98. The van der Waals surface area contributed by atoms with Crippen molar-refractivity contribution in [1.82, 2.24) is 24.6 Å². The van der Waals surface area contributed by atoms with Crippen LogP contribution in [-0.2, 0) is 19.5 Å². The van der Waals surface area contributed by atoms with Gasteiger partial charge in [-0.1, -0.05) is 18.2 Å². The molecule has 144 valence electrons. The number of aromatic amines is 1. The van der Waals surface area contributed by atoms with Gasteiger partial charge in [-0.2, -0.15) is 5.10 Å². The highest BCUT2D eigenvalue weighted by molar-refractivity contribution is 5.41. The van der Waals surface area contributed by atoms with Crippen LogP contribution in [0.25, 0.3) is 5.69 Å². The minimum atomic E-state index is 0.0453. The second kappa shape index (κ2) is 6.71. The standard InChI is InChI=1S/C22H25N5O/c1-14-5-3-4-6-20(14)27-15(2)17(11-23-27)12-26-10-9-19-18(13-26)22(28)25-21(24-19)16-7-8-16/h3-6,11,16H,7-10,12-13H2,1-2H3,(H,24,25,28). The SMILES string of the molecule is Cc1ccccc1-n1ncc(CN2CCc3nc(C4CC4)[nH]c(=O)c3C2)c1C. The molecule has 1 saturated carbocycles. The van der Waals surface area contributed by atoms with Gasteiger partial charge in [0.05, 0.1) is 23.1 Å². The normalized spacial score (nSPS) is 16.9. The van der Waals surface area contributed by atoms with Crippen LogP contribution in [-0.4, -0.2) is 31.2 Å². The molecule has 3 aromatic rings. The second-order valence-corrected chi connectivity index (χ2v) is 8.06. The summed E-state index contributed by atoms with van der Waals surface area (Å²) < 4.78 is 2.01. The molecule has 3 heterocycles. The van der Waals surface area contributed by atoms with Crippen LogP contribution in [0.3, 0.4) is 0 Å². The molecule has 0 atom stereocenters. The maximum absolute atomic E-state index is 12.6. The number of hydrogen-bond acceptors (Lipinski definition) is 4. The van der Waals surface area contributed by atoms with E-state index in [9.17, 15) is 4.79 Å². The number of hydrogen-bond donors (Lipinski definition) is 1. The van der Waals surface area contributed by atoms with Gasteiger partial charge in [-0.3, -0.25) is 9.69 Å². The Balaban J connectivity index is 1.37. The average molecular weight is 375 g/mol. The van der Waals surface area contributed by atoms with Crippen molar-refractivity contribution >= 4 is 0 Å². The van der Waals surface area contributed by atoms with Crippen molar-refractivity contribution in [1.29, 1.82) is 0 Å². The number of aromatic nitrogens is 4. The minimum Gasteiger partial charge on any atom is -0.310 e. The Morgan fingerprint density at radius 2 is 2.04 bits per heavy atom. The molecular formula is C22H25N5O. The molecule has 1 aliphatic heterocycles. The first-order chi connectivity index (χ1) is 13.6. The largest absolute Gasteiger partial charge is 0.310 e. The van der Waals surface area contributed by atoms with Gasteiger partial charge in [-0.25, -0.2) is 9.67 Å². The van der Waals surface area contributed by atoms with E-state index in [0.717, 1.165) is 60.8 Å². The maximum atomic E-state index is 12.6. The first kappa shape index (κ1) is 17.4. The Labute approximate surface area is 164 Å². The van der Waals surface area contributed by atoms with E-state index in [0.29, 0.717) is 12.5 Å². The van der Waals surface area contributed by atoms with E-state index in [2.05, 4.69) is 41.0 Å². The van der Waals surface area contributed by atoms with Gasteiger partial charge in [0.15, 0.2) is 0 Å². The van der Waals surface area contributed by atoms with Gasteiger partial charge < -0.3 is 4.98 Å². The Hall–Kier alpha value is -2.73. The van der Waals surface area contributed by atoms with Crippen LogP contribution in [0.1, 0.15) is 52.7 Å². The lowest BCUT2D eigenvalue weighted by atomic mass is 10.1. The summed E-state index contributed by atoms with van der Waals surface area (Å²) in [5, 5.41) is 4.62. The maximum Gasteiger partial charge on any atom is 0.255 e. The van der Waals surface area contributed by atoms with Crippen molar-refractivity contribution in [3.8, 4) is 5.69 Å². The fourth-order valence-electron chi connectivity index (χ4n) is 4.07. The van der Waals surface area contributed by atoms with E-state index < -0.39 is 0 Å². The molecule has 5 rings (SSSR count). The molecule has 1 fully saturated rings. The monoisotopic (exact) mass is 375 g/mol. The Bertz CT molecular complexity index is 1090. The lowest BCUT2D eigenvalue weighted by molar-refractivity contribution is 0.241. The Morgan fingerprint density at radius 3 is 2.82 bits per heavy atom. The van der Waals surface area contributed by atoms with Crippen molar-refractivity contribution in [3.63, 3.8) is 0 Å². The lowest BCUT2D eigenvalue weighted by Gasteiger charge is -2.27. The lowest BCUT2D eigenvalue weighted by Crippen LogP contribution is -2.35. The fourth-order valence-corrected chi connectivity index (χ4v) is 4.07. The van der Waals surface area contributed by atoms with Crippen LogP contribution < -0.4 is 5.56 Å². The van der Waals surface area contributed by atoms with Gasteiger partial charge >= 0.3 is 0 Å². The van der Waals surface area contributed by atoms with E-state index >= 15 is 0 Å². The number of rotatable bonds is 4. The summed E-state index contributed by atoms with van der Waals surface area (Å²) in [7, 11) is 0. The van der Waals surface area contributed by atoms with Crippen LogP contribution in [0.4, 0.5) is 0 Å². The summed E-state index contributed by atoms with van der Waals surface area (Å²) in [4.78, 5) is 22.7. The molecule has 1 N–H and O–H groups in total. The molecule has 28 heavy (non-hydrogen) atoms. The van der Waals surface area contributed by atoms with E-state index in [1.807, 2.05) is 23.0 Å². The Morgan fingerprint density at radius 1 is 1.21 bits per heavy atom.